The fraction of sp³-hybridized carbons (Fsp3) is 0.458. The van der Waals surface area contributed by atoms with E-state index in [0.717, 1.165) is 0 Å². The molecule has 4 amide bonds. The Morgan fingerprint density at radius 2 is 1.74 bits per heavy atom. The molecule has 1 N–H and O–H groups in total. The Kier molecular flexibility index (Phi) is 4.64. The summed E-state index contributed by atoms with van der Waals surface area (Å²) in [6.45, 7) is 4.74. The highest BCUT2D eigenvalue weighted by atomic mass is 16.3. The van der Waals surface area contributed by atoms with Crippen LogP contribution >= 0.6 is 0 Å². The minimum absolute atomic E-state index is 0.00720. The smallest absolute Gasteiger partial charge is 0.325 e. The van der Waals surface area contributed by atoms with Crippen molar-refractivity contribution >= 4 is 17.8 Å². The maximum atomic E-state index is 13.5. The van der Waals surface area contributed by atoms with Gasteiger partial charge in [0.25, 0.3) is 11.8 Å². The van der Waals surface area contributed by atoms with Crippen LogP contribution in [0.25, 0.3) is 0 Å². The molecule has 0 bridgehead atoms. The molecule has 5 rings (SSSR count). The van der Waals surface area contributed by atoms with Gasteiger partial charge in [0.2, 0.25) is 0 Å². The molecule has 7 nitrogen and oxygen atoms in total. The quantitative estimate of drug-likeness (QED) is 0.773. The lowest BCUT2D eigenvalue weighted by atomic mass is 9.78. The molecule has 3 aliphatic rings. The van der Waals surface area contributed by atoms with E-state index in [2.05, 4.69) is 17.4 Å². The summed E-state index contributed by atoms with van der Waals surface area (Å²) in [5.74, 6) is 0.436. The summed E-state index contributed by atoms with van der Waals surface area (Å²) in [6, 6.07) is 9.41. The van der Waals surface area contributed by atoms with Crippen molar-refractivity contribution in [2.75, 3.05) is 13.1 Å². The van der Waals surface area contributed by atoms with Crippen LogP contribution in [0, 0.1) is 12.8 Å². The van der Waals surface area contributed by atoms with Crippen LogP contribution in [-0.2, 0) is 17.6 Å². The van der Waals surface area contributed by atoms with Crippen LogP contribution in [0.3, 0.4) is 0 Å². The first-order valence-electron chi connectivity index (χ1n) is 10.9. The Balaban J connectivity index is 1.27. The number of nitrogens with one attached hydrogen (secondary N) is 1. The van der Waals surface area contributed by atoms with Crippen molar-refractivity contribution in [1.29, 1.82) is 0 Å². The topological polar surface area (TPSA) is 82.9 Å². The lowest BCUT2D eigenvalue weighted by Crippen LogP contribution is -2.55. The molecule has 0 spiro atoms. The minimum Gasteiger partial charge on any atom is -0.469 e. The van der Waals surface area contributed by atoms with E-state index in [-0.39, 0.29) is 29.8 Å². The van der Waals surface area contributed by atoms with Gasteiger partial charge in [-0.05, 0) is 62.6 Å². The van der Waals surface area contributed by atoms with E-state index in [1.807, 2.05) is 24.0 Å². The van der Waals surface area contributed by atoms with Crippen LogP contribution in [-0.4, -0.2) is 52.3 Å². The lowest BCUT2D eigenvalue weighted by Gasteiger charge is -2.39. The van der Waals surface area contributed by atoms with Gasteiger partial charge in [0, 0.05) is 19.1 Å². The van der Waals surface area contributed by atoms with E-state index in [0.29, 0.717) is 50.1 Å². The Morgan fingerprint density at radius 1 is 1.10 bits per heavy atom. The van der Waals surface area contributed by atoms with Crippen LogP contribution in [0.15, 0.2) is 41.0 Å². The van der Waals surface area contributed by atoms with Gasteiger partial charge >= 0.3 is 6.03 Å². The summed E-state index contributed by atoms with van der Waals surface area (Å²) < 4.78 is 5.26. The van der Waals surface area contributed by atoms with Gasteiger partial charge in [0.15, 0.2) is 0 Å². The van der Waals surface area contributed by atoms with Gasteiger partial charge in [-0.1, -0.05) is 24.3 Å². The zero-order valence-electron chi connectivity index (χ0n) is 17.9. The maximum absolute atomic E-state index is 13.5. The predicted octanol–water partition coefficient (Wildman–Crippen LogP) is 2.92. The average Bonchev–Trinajstić information content (AvgIpc) is 3.44. The highest BCUT2D eigenvalue weighted by Crippen LogP contribution is 2.37. The van der Waals surface area contributed by atoms with Crippen molar-refractivity contribution < 1.29 is 18.8 Å². The SMILES string of the molecule is Cc1occc1C(=O)N1CCC([C@]2(C)NC(=O)N(C3Cc4ccccc4C3)C2=O)CC1. The second kappa shape index (κ2) is 7.25. The number of furan rings is 1. The zero-order chi connectivity index (χ0) is 21.8. The third-order valence-electron chi connectivity index (χ3n) is 7.33. The first kappa shape index (κ1) is 19.8. The number of hydrogen-bond acceptors (Lipinski definition) is 4. The van der Waals surface area contributed by atoms with Gasteiger partial charge in [-0.3, -0.25) is 14.5 Å². The number of hydrogen-bond donors (Lipinski definition) is 1. The predicted molar refractivity (Wildman–Crippen MR) is 113 cm³/mol. The van der Waals surface area contributed by atoms with Crippen molar-refractivity contribution in [2.24, 2.45) is 5.92 Å². The fourth-order valence-electron chi connectivity index (χ4n) is 5.44. The van der Waals surface area contributed by atoms with Crippen LogP contribution in [0.4, 0.5) is 4.79 Å². The van der Waals surface area contributed by atoms with Gasteiger partial charge < -0.3 is 14.6 Å². The van der Waals surface area contributed by atoms with Gasteiger partial charge in [0.1, 0.15) is 11.3 Å². The Morgan fingerprint density at radius 3 is 2.32 bits per heavy atom. The number of nitrogens with zero attached hydrogens (tertiary/aromatic N) is 2. The Labute approximate surface area is 181 Å². The van der Waals surface area contributed by atoms with Crippen LogP contribution < -0.4 is 5.32 Å². The second-order valence-corrected chi connectivity index (χ2v) is 9.10. The number of piperidine rings is 1. The number of fused-ring (bicyclic) bond motifs is 1. The lowest BCUT2D eigenvalue weighted by molar-refractivity contribution is -0.134. The molecular weight excluding hydrogens is 394 g/mol. The second-order valence-electron chi connectivity index (χ2n) is 9.10. The summed E-state index contributed by atoms with van der Waals surface area (Å²) in [5, 5.41) is 3.00. The molecular formula is C24H27N3O4. The molecule has 31 heavy (non-hydrogen) atoms. The maximum Gasteiger partial charge on any atom is 0.325 e. The zero-order valence-corrected chi connectivity index (χ0v) is 17.9. The number of urea groups is 1. The largest absolute Gasteiger partial charge is 0.469 e. The molecule has 1 atom stereocenters. The Bertz CT molecular complexity index is 1030. The van der Waals surface area contributed by atoms with Crippen LogP contribution in [0.5, 0.6) is 0 Å². The molecule has 162 valence electrons. The summed E-state index contributed by atoms with van der Waals surface area (Å²) in [7, 11) is 0. The van der Waals surface area contributed by atoms with E-state index in [1.165, 1.54) is 22.3 Å². The first-order valence-corrected chi connectivity index (χ1v) is 10.9. The van der Waals surface area contributed by atoms with Crippen LogP contribution in [0.2, 0.25) is 0 Å². The van der Waals surface area contributed by atoms with E-state index < -0.39 is 5.54 Å². The molecule has 2 saturated heterocycles. The number of aryl methyl sites for hydroxylation is 1. The molecule has 0 saturated carbocycles. The number of rotatable bonds is 3. The molecule has 1 aliphatic carbocycles. The van der Waals surface area contributed by atoms with E-state index in [1.54, 1.807) is 13.0 Å². The third-order valence-corrected chi connectivity index (χ3v) is 7.33. The normalized spacial score (nSPS) is 24.6. The highest BCUT2D eigenvalue weighted by molar-refractivity contribution is 6.07. The number of likely N-dealkylation sites (tertiary alicyclic amines) is 1. The average molecular weight is 421 g/mol. The molecule has 7 heteroatoms. The van der Waals surface area contributed by atoms with Gasteiger partial charge in [-0.25, -0.2) is 4.79 Å². The fourth-order valence-corrected chi connectivity index (χ4v) is 5.44. The van der Waals surface area contributed by atoms with Crippen molar-refractivity contribution in [3.63, 3.8) is 0 Å². The van der Waals surface area contributed by atoms with Crippen molar-refractivity contribution in [3.05, 3.63) is 59.0 Å². The van der Waals surface area contributed by atoms with Crippen molar-refractivity contribution in [1.82, 2.24) is 15.1 Å². The van der Waals surface area contributed by atoms with Gasteiger partial charge in [0.05, 0.1) is 11.8 Å². The molecule has 1 aromatic heterocycles. The molecule has 2 fully saturated rings. The molecule has 3 heterocycles. The summed E-state index contributed by atoms with van der Waals surface area (Å²) in [6.07, 6.45) is 4.29. The summed E-state index contributed by atoms with van der Waals surface area (Å²) >= 11 is 0. The van der Waals surface area contributed by atoms with E-state index in [9.17, 15) is 14.4 Å². The monoisotopic (exact) mass is 421 g/mol. The molecule has 1 aromatic carbocycles. The van der Waals surface area contributed by atoms with Gasteiger partial charge in [-0.15, -0.1) is 0 Å². The minimum atomic E-state index is -0.924. The van der Waals surface area contributed by atoms with Crippen molar-refractivity contribution in [2.45, 2.75) is 51.1 Å². The number of carbonyl (C=O) groups is 3. The van der Waals surface area contributed by atoms with E-state index in [4.69, 9.17) is 4.42 Å². The first-order chi connectivity index (χ1) is 14.9. The summed E-state index contributed by atoms with van der Waals surface area (Å²) in [5.41, 5.74) is 2.08. The van der Waals surface area contributed by atoms with E-state index >= 15 is 0 Å². The van der Waals surface area contributed by atoms with Crippen molar-refractivity contribution in [3.8, 4) is 0 Å². The molecule has 2 aromatic rings. The third kappa shape index (κ3) is 3.14. The molecule has 0 unspecified atom stereocenters. The number of imide groups is 1. The molecule has 0 radical (unpaired) electrons. The molecule has 2 aliphatic heterocycles. The Hall–Kier alpha value is -3.09. The number of carbonyl (C=O) groups excluding carboxylic acids is 3. The standard InChI is InChI=1S/C24H27N3O4/c1-15-20(9-12-31-15)21(28)26-10-7-18(8-11-26)24(2)22(29)27(23(30)25-24)19-13-16-5-3-4-6-17(16)14-19/h3-6,9,12,18-19H,7-8,10-11,13-14H2,1-2H3,(H,25,30)/t24-/m0/s1. The highest BCUT2D eigenvalue weighted by Gasteiger charge is 2.55. The van der Waals surface area contributed by atoms with Crippen LogP contribution in [0.1, 0.15) is 47.0 Å². The number of benzene rings is 1. The van der Waals surface area contributed by atoms with Gasteiger partial charge in [-0.2, -0.15) is 0 Å². The number of amides is 4. The summed E-state index contributed by atoms with van der Waals surface area (Å²) in [4.78, 5) is 42.4.